The number of hydrogen-bond donors (Lipinski definition) is 2. The second kappa shape index (κ2) is 8.43. The first-order valence-electron chi connectivity index (χ1n) is 9.74. The number of anilines is 2. The lowest BCUT2D eigenvalue weighted by atomic mass is 10.2. The minimum atomic E-state index is -0.320. The standard InChI is InChI=1S/C20H25N5O3/c26-19-4-1-9-24(19)12-15-5-7-16(8-6-15)22-20(27)23-17-11-21-25(13-17)14-18-3-2-10-28-18/h5-8,11,13,18H,1-4,9-10,12,14H2,(H2,22,23,27). The van der Waals surface area contributed by atoms with Gasteiger partial charge in [-0.3, -0.25) is 9.48 Å². The molecule has 3 heterocycles. The molecule has 2 saturated heterocycles. The molecular formula is C20H25N5O3. The number of carbonyl (C=O) groups excluding carboxylic acids is 2. The summed E-state index contributed by atoms with van der Waals surface area (Å²) in [5.74, 6) is 0.210. The number of hydrogen-bond acceptors (Lipinski definition) is 4. The third-order valence-corrected chi connectivity index (χ3v) is 5.06. The Hall–Kier alpha value is -2.87. The van der Waals surface area contributed by atoms with E-state index in [-0.39, 0.29) is 18.0 Å². The van der Waals surface area contributed by atoms with Crippen LogP contribution in [0.15, 0.2) is 36.7 Å². The molecule has 0 radical (unpaired) electrons. The second-order valence-corrected chi connectivity index (χ2v) is 7.28. The monoisotopic (exact) mass is 383 g/mol. The third-order valence-electron chi connectivity index (χ3n) is 5.06. The van der Waals surface area contributed by atoms with E-state index in [1.54, 1.807) is 17.1 Å². The number of likely N-dealkylation sites (tertiary alicyclic amines) is 1. The minimum absolute atomic E-state index is 0.205. The van der Waals surface area contributed by atoms with Gasteiger partial charge in [-0.25, -0.2) is 4.79 Å². The number of nitrogens with one attached hydrogen (secondary N) is 2. The SMILES string of the molecule is O=C(Nc1ccc(CN2CCCC2=O)cc1)Nc1cnn(CC2CCCO2)c1. The maximum absolute atomic E-state index is 12.2. The van der Waals surface area contributed by atoms with Crippen molar-refractivity contribution in [3.63, 3.8) is 0 Å². The molecule has 2 aromatic rings. The van der Waals surface area contributed by atoms with E-state index >= 15 is 0 Å². The van der Waals surface area contributed by atoms with Gasteiger partial charge in [0.05, 0.1) is 24.5 Å². The Balaban J connectivity index is 1.26. The molecule has 1 atom stereocenters. The van der Waals surface area contributed by atoms with Crippen molar-refractivity contribution in [2.24, 2.45) is 0 Å². The van der Waals surface area contributed by atoms with Crippen LogP contribution < -0.4 is 10.6 Å². The van der Waals surface area contributed by atoms with Crippen molar-refractivity contribution < 1.29 is 14.3 Å². The molecule has 148 valence electrons. The zero-order valence-corrected chi connectivity index (χ0v) is 15.8. The fourth-order valence-electron chi connectivity index (χ4n) is 3.60. The van der Waals surface area contributed by atoms with Gasteiger partial charge in [0.1, 0.15) is 0 Å². The van der Waals surface area contributed by atoms with Crippen LogP contribution in [0.2, 0.25) is 0 Å². The maximum atomic E-state index is 12.2. The van der Waals surface area contributed by atoms with Crippen molar-refractivity contribution >= 4 is 23.3 Å². The maximum Gasteiger partial charge on any atom is 0.323 e. The predicted octanol–water partition coefficient (Wildman–Crippen LogP) is 2.83. The van der Waals surface area contributed by atoms with Crippen LogP contribution in [-0.4, -0.2) is 45.9 Å². The van der Waals surface area contributed by atoms with E-state index in [0.29, 0.717) is 30.9 Å². The molecule has 2 aliphatic heterocycles. The molecule has 2 N–H and O–H groups in total. The highest BCUT2D eigenvalue weighted by atomic mass is 16.5. The Morgan fingerprint density at radius 1 is 1.18 bits per heavy atom. The first-order chi connectivity index (χ1) is 13.7. The third kappa shape index (κ3) is 4.69. The molecule has 2 aliphatic rings. The second-order valence-electron chi connectivity index (χ2n) is 7.28. The lowest BCUT2D eigenvalue weighted by Gasteiger charge is -2.15. The van der Waals surface area contributed by atoms with Crippen molar-refractivity contribution in [1.29, 1.82) is 0 Å². The summed E-state index contributed by atoms with van der Waals surface area (Å²) in [5, 5.41) is 9.87. The summed E-state index contributed by atoms with van der Waals surface area (Å²) < 4.78 is 7.39. The van der Waals surface area contributed by atoms with E-state index in [4.69, 9.17) is 4.74 Å². The Morgan fingerprint density at radius 2 is 2.00 bits per heavy atom. The minimum Gasteiger partial charge on any atom is -0.376 e. The van der Waals surface area contributed by atoms with E-state index in [0.717, 1.165) is 38.0 Å². The number of benzene rings is 1. The van der Waals surface area contributed by atoms with E-state index in [1.165, 1.54) is 0 Å². The van der Waals surface area contributed by atoms with E-state index < -0.39 is 0 Å². The van der Waals surface area contributed by atoms with Gasteiger partial charge in [-0.1, -0.05) is 12.1 Å². The molecule has 8 heteroatoms. The van der Waals surface area contributed by atoms with Crippen LogP contribution >= 0.6 is 0 Å². The summed E-state index contributed by atoms with van der Waals surface area (Å²) in [6, 6.07) is 7.23. The molecule has 2 fully saturated rings. The van der Waals surface area contributed by atoms with Crippen LogP contribution in [0.3, 0.4) is 0 Å². The van der Waals surface area contributed by atoms with Crippen LogP contribution in [0.1, 0.15) is 31.2 Å². The summed E-state index contributed by atoms with van der Waals surface area (Å²) in [5.41, 5.74) is 2.39. The molecule has 0 spiro atoms. The highest BCUT2D eigenvalue weighted by Crippen LogP contribution is 2.17. The quantitative estimate of drug-likeness (QED) is 0.803. The molecule has 1 aromatic carbocycles. The number of ether oxygens (including phenoxy) is 1. The first-order valence-corrected chi connectivity index (χ1v) is 9.74. The summed E-state index contributed by atoms with van der Waals surface area (Å²) in [6.07, 6.45) is 7.35. The molecule has 0 saturated carbocycles. The van der Waals surface area contributed by atoms with Gasteiger partial charge in [0.15, 0.2) is 0 Å². The van der Waals surface area contributed by atoms with Crippen LogP contribution in [0.5, 0.6) is 0 Å². The highest BCUT2D eigenvalue weighted by molar-refractivity contribution is 5.99. The summed E-state index contributed by atoms with van der Waals surface area (Å²) in [6.45, 7) is 2.95. The van der Waals surface area contributed by atoms with Crippen molar-refractivity contribution in [3.8, 4) is 0 Å². The molecule has 4 rings (SSSR count). The van der Waals surface area contributed by atoms with E-state index in [1.807, 2.05) is 29.2 Å². The van der Waals surface area contributed by atoms with Crippen LogP contribution in [0.4, 0.5) is 16.2 Å². The van der Waals surface area contributed by atoms with Gasteiger partial charge in [-0.15, -0.1) is 0 Å². The Morgan fingerprint density at radius 3 is 2.71 bits per heavy atom. The van der Waals surface area contributed by atoms with Gasteiger partial charge in [0.25, 0.3) is 0 Å². The average molecular weight is 383 g/mol. The Bertz CT molecular complexity index is 827. The highest BCUT2D eigenvalue weighted by Gasteiger charge is 2.20. The van der Waals surface area contributed by atoms with Crippen LogP contribution in [-0.2, 0) is 22.6 Å². The molecule has 8 nitrogen and oxygen atoms in total. The molecule has 1 aromatic heterocycles. The van der Waals surface area contributed by atoms with Gasteiger partial charge in [0, 0.05) is 38.0 Å². The van der Waals surface area contributed by atoms with Crippen molar-refractivity contribution in [1.82, 2.24) is 14.7 Å². The van der Waals surface area contributed by atoms with Crippen molar-refractivity contribution in [3.05, 3.63) is 42.2 Å². The zero-order chi connectivity index (χ0) is 19.3. The zero-order valence-electron chi connectivity index (χ0n) is 15.8. The number of rotatable bonds is 6. The fourth-order valence-corrected chi connectivity index (χ4v) is 3.60. The van der Waals surface area contributed by atoms with Gasteiger partial charge < -0.3 is 20.3 Å². The predicted molar refractivity (Wildman–Crippen MR) is 105 cm³/mol. The largest absolute Gasteiger partial charge is 0.376 e. The van der Waals surface area contributed by atoms with Gasteiger partial charge >= 0.3 is 6.03 Å². The lowest BCUT2D eigenvalue weighted by Crippen LogP contribution is -2.23. The van der Waals surface area contributed by atoms with Gasteiger partial charge in [-0.05, 0) is 37.0 Å². The van der Waals surface area contributed by atoms with Crippen molar-refractivity contribution in [2.75, 3.05) is 23.8 Å². The van der Waals surface area contributed by atoms with Crippen LogP contribution in [0, 0.1) is 0 Å². The van der Waals surface area contributed by atoms with Crippen molar-refractivity contribution in [2.45, 2.75) is 44.9 Å². The summed E-state index contributed by atoms with van der Waals surface area (Å²) >= 11 is 0. The molecule has 0 bridgehead atoms. The Labute approximate surface area is 163 Å². The fraction of sp³-hybridized carbons (Fsp3) is 0.450. The molecular weight excluding hydrogens is 358 g/mol. The number of nitrogens with zero attached hydrogens (tertiary/aromatic N) is 3. The average Bonchev–Trinajstić information content (AvgIpc) is 3.42. The molecule has 1 unspecified atom stereocenters. The summed E-state index contributed by atoms with van der Waals surface area (Å²) in [7, 11) is 0. The number of carbonyl (C=O) groups is 2. The van der Waals surface area contributed by atoms with E-state index in [9.17, 15) is 9.59 Å². The van der Waals surface area contributed by atoms with Crippen LogP contribution in [0.25, 0.3) is 0 Å². The number of urea groups is 1. The lowest BCUT2D eigenvalue weighted by molar-refractivity contribution is -0.128. The van der Waals surface area contributed by atoms with E-state index in [2.05, 4.69) is 15.7 Å². The first kappa shape index (κ1) is 18.5. The topological polar surface area (TPSA) is 88.5 Å². The molecule has 0 aliphatic carbocycles. The summed E-state index contributed by atoms with van der Waals surface area (Å²) in [4.78, 5) is 25.8. The molecule has 3 amide bonds. The van der Waals surface area contributed by atoms with Gasteiger partial charge in [-0.2, -0.15) is 5.10 Å². The normalized spacial score (nSPS) is 19.2. The number of aromatic nitrogens is 2. The van der Waals surface area contributed by atoms with Gasteiger partial charge in [0.2, 0.25) is 5.91 Å². The number of amides is 3. The molecule has 28 heavy (non-hydrogen) atoms. The smallest absolute Gasteiger partial charge is 0.323 e. The Kier molecular flexibility index (Phi) is 5.57.